The lowest BCUT2D eigenvalue weighted by atomic mass is 10.00. The van der Waals surface area contributed by atoms with Gasteiger partial charge in [0.05, 0.1) is 6.54 Å². The molecule has 0 amide bonds. The van der Waals surface area contributed by atoms with Gasteiger partial charge in [0, 0.05) is 24.2 Å². The second-order valence-corrected chi connectivity index (χ2v) is 6.91. The highest BCUT2D eigenvalue weighted by atomic mass is 16.7. The summed E-state index contributed by atoms with van der Waals surface area (Å²) in [5, 5.41) is 4.07. The van der Waals surface area contributed by atoms with E-state index in [0.29, 0.717) is 25.1 Å². The number of rotatable bonds is 6. The number of imidazole rings is 1. The monoisotopic (exact) mass is 354 g/mol. The Bertz CT molecular complexity index is 900. The summed E-state index contributed by atoms with van der Waals surface area (Å²) >= 11 is 0. The lowest BCUT2D eigenvalue weighted by Crippen LogP contribution is -2.10. The molecule has 0 N–H and O–H groups in total. The lowest BCUT2D eigenvalue weighted by molar-refractivity contribution is 0.174. The topological polar surface area (TPSA) is 75.2 Å². The Morgan fingerprint density at radius 1 is 1.15 bits per heavy atom. The number of aromatic nitrogens is 4. The molecule has 0 spiro atoms. The fourth-order valence-electron chi connectivity index (χ4n) is 3.12. The third-order valence-electron chi connectivity index (χ3n) is 4.46. The van der Waals surface area contributed by atoms with Crippen LogP contribution < -0.4 is 9.47 Å². The van der Waals surface area contributed by atoms with Crippen LogP contribution in [0.15, 0.2) is 35.1 Å². The molecule has 0 radical (unpaired) electrons. The van der Waals surface area contributed by atoms with E-state index in [1.807, 2.05) is 38.4 Å². The molecule has 0 aliphatic carbocycles. The standard InChI is InChI=1S/C19H22N4O3/c1-12(2)19-21-17(22-26-19)10-23-7-6-20-18(23)13(3)8-14-4-5-15-16(9-14)25-11-24-15/h4-7,9,12-13H,8,10-11H2,1-3H3/t13-/m0/s1. The SMILES string of the molecule is CC(C)c1nc(Cn2ccnc2[C@@H](C)Cc2ccc3c(c2)OCO3)no1. The summed E-state index contributed by atoms with van der Waals surface area (Å²) in [5.41, 5.74) is 1.19. The van der Waals surface area contributed by atoms with Gasteiger partial charge in [-0.1, -0.05) is 32.0 Å². The highest BCUT2D eigenvalue weighted by molar-refractivity contribution is 5.44. The van der Waals surface area contributed by atoms with Gasteiger partial charge in [-0.05, 0) is 24.1 Å². The van der Waals surface area contributed by atoms with Crippen LogP contribution in [0.5, 0.6) is 11.5 Å². The Kier molecular flexibility index (Phi) is 4.36. The molecule has 1 aliphatic rings. The van der Waals surface area contributed by atoms with Crippen molar-refractivity contribution in [2.45, 2.75) is 45.6 Å². The van der Waals surface area contributed by atoms with Crippen molar-refractivity contribution in [3.8, 4) is 11.5 Å². The van der Waals surface area contributed by atoms with Crippen molar-refractivity contribution in [2.75, 3.05) is 6.79 Å². The van der Waals surface area contributed by atoms with E-state index in [9.17, 15) is 0 Å². The van der Waals surface area contributed by atoms with Gasteiger partial charge < -0.3 is 18.6 Å². The number of hydrogen-bond acceptors (Lipinski definition) is 6. The molecule has 1 aromatic carbocycles. The van der Waals surface area contributed by atoms with Crippen LogP contribution in [0.3, 0.4) is 0 Å². The third kappa shape index (κ3) is 3.29. The minimum absolute atomic E-state index is 0.225. The molecule has 7 heteroatoms. The lowest BCUT2D eigenvalue weighted by Gasteiger charge is -2.13. The summed E-state index contributed by atoms with van der Waals surface area (Å²) in [6, 6.07) is 6.08. The van der Waals surface area contributed by atoms with Gasteiger partial charge in [0.25, 0.3) is 0 Å². The molecule has 3 aromatic rings. The maximum Gasteiger partial charge on any atom is 0.231 e. The van der Waals surface area contributed by atoms with Crippen LogP contribution in [0.2, 0.25) is 0 Å². The summed E-state index contributed by atoms with van der Waals surface area (Å²) in [7, 11) is 0. The molecule has 1 aliphatic heterocycles. The van der Waals surface area contributed by atoms with E-state index in [0.717, 1.165) is 23.7 Å². The summed E-state index contributed by atoms with van der Waals surface area (Å²) < 4.78 is 18.2. The molecule has 0 bridgehead atoms. The smallest absolute Gasteiger partial charge is 0.231 e. The van der Waals surface area contributed by atoms with Crippen LogP contribution >= 0.6 is 0 Å². The van der Waals surface area contributed by atoms with E-state index < -0.39 is 0 Å². The first-order valence-electron chi connectivity index (χ1n) is 8.82. The van der Waals surface area contributed by atoms with Crippen molar-refractivity contribution < 1.29 is 14.0 Å². The van der Waals surface area contributed by atoms with Crippen LogP contribution in [0.4, 0.5) is 0 Å². The summed E-state index contributed by atoms with van der Waals surface area (Å²) in [5.74, 6) is 4.41. The predicted molar refractivity (Wildman–Crippen MR) is 94.4 cm³/mol. The number of fused-ring (bicyclic) bond motifs is 1. The van der Waals surface area contributed by atoms with Crippen LogP contribution in [0.1, 0.15) is 55.7 Å². The Morgan fingerprint density at radius 3 is 2.81 bits per heavy atom. The zero-order chi connectivity index (χ0) is 18.1. The van der Waals surface area contributed by atoms with E-state index in [4.69, 9.17) is 14.0 Å². The zero-order valence-electron chi connectivity index (χ0n) is 15.2. The molecule has 0 saturated heterocycles. The minimum Gasteiger partial charge on any atom is -0.454 e. The number of ether oxygens (including phenoxy) is 2. The van der Waals surface area contributed by atoms with Crippen molar-refractivity contribution in [3.63, 3.8) is 0 Å². The second-order valence-electron chi connectivity index (χ2n) is 6.91. The minimum atomic E-state index is 0.225. The molecule has 3 heterocycles. The second kappa shape index (κ2) is 6.82. The maximum absolute atomic E-state index is 5.47. The quantitative estimate of drug-likeness (QED) is 0.674. The Morgan fingerprint density at radius 2 is 2.00 bits per heavy atom. The van der Waals surface area contributed by atoms with Crippen molar-refractivity contribution in [2.24, 2.45) is 0 Å². The van der Waals surface area contributed by atoms with E-state index in [1.165, 1.54) is 5.56 Å². The average Bonchev–Trinajstić information content (AvgIpc) is 3.34. The van der Waals surface area contributed by atoms with Crippen molar-refractivity contribution in [3.05, 3.63) is 53.7 Å². The van der Waals surface area contributed by atoms with Crippen molar-refractivity contribution in [1.82, 2.24) is 19.7 Å². The first kappa shape index (κ1) is 16.6. The molecule has 0 unspecified atom stereocenters. The zero-order valence-corrected chi connectivity index (χ0v) is 15.2. The fourth-order valence-corrected chi connectivity index (χ4v) is 3.12. The van der Waals surface area contributed by atoms with Crippen LogP contribution in [0.25, 0.3) is 0 Å². The van der Waals surface area contributed by atoms with E-state index >= 15 is 0 Å². The Balaban J connectivity index is 1.48. The predicted octanol–water partition coefficient (Wildman–Crippen LogP) is 3.51. The van der Waals surface area contributed by atoms with Gasteiger partial charge in [-0.3, -0.25) is 0 Å². The molecular weight excluding hydrogens is 332 g/mol. The number of benzene rings is 1. The van der Waals surface area contributed by atoms with Gasteiger partial charge >= 0.3 is 0 Å². The van der Waals surface area contributed by atoms with Gasteiger partial charge in [-0.15, -0.1) is 0 Å². The molecule has 2 aromatic heterocycles. The van der Waals surface area contributed by atoms with Crippen LogP contribution in [0, 0.1) is 0 Å². The summed E-state index contributed by atoms with van der Waals surface area (Å²) in [6.07, 6.45) is 4.63. The first-order chi connectivity index (χ1) is 12.6. The van der Waals surface area contributed by atoms with E-state index in [-0.39, 0.29) is 11.8 Å². The van der Waals surface area contributed by atoms with Gasteiger partial charge in [-0.2, -0.15) is 4.98 Å². The fraction of sp³-hybridized carbons (Fsp3) is 0.421. The molecule has 26 heavy (non-hydrogen) atoms. The Labute approximate surface area is 152 Å². The summed E-state index contributed by atoms with van der Waals surface area (Å²) in [6.45, 7) is 7.08. The molecule has 7 nitrogen and oxygen atoms in total. The Hall–Kier alpha value is -2.83. The summed E-state index contributed by atoms with van der Waals surface area (Å²) in [4.78, 5) is 9.00. The molecule has 1 atom stereocenters. The van der Waals surface area contributed by atoms with Crippen LogP contribution in [-0.4, -0.2) is 26.5 Å². The van der Waals surface area contributed by atoms with Crippen molar-refractivity contribution in [1.29, 1.82) is 0 Å². The van der Waals surface area contributed by atoms with Gasteiger partial charge in [-0.25, -0.2) is 4.98 Å². The van der Waals surface area contributed by atoms with Crippen LogP contribution in [-0.2, 0) is 13.0 Å². The highest BCUT2D eigenvalue weighted by Gasteiger charge is 2.18. The normalized spacial score (nSPS) is 14.2. The van der Waals surface area contributed by atoms with E-state index in [1.54, 1.807) is 0 Å². The maximum atomic E-state index is 5.47. The third-order valence-corrected chi connectivity index (χ3v) is 4.46. The molecular formula is C19H22N4O3. The van der Waals surface area contributed by atoms with Gasteiger partial charge in [0.15, 0.2) is 17.3 Å². The van der Waals surface area contributed by atoms with Gasteiger partial charge in [0.1, 0.15) is 5.82 Å². The molecule has 0 saturated carbocycles. The molecule has 0 fully saturated rings. The highest BCUT2D eigenvalue weighted by Crippen LogP contribution is 2.33. The average molecular weight is 354 g/mol. The van der Waals surface area contributed by atoms with E-state index in [2.05, 4.69) is 32.7 Å². The largest absolute Gasteiger partial charge is 0.454 e. The number of nitrogens with zero attached hydrogens (tertiary/aromatic N) is 4. The van der Waals surface area contributed by atoms with Gasteiger partial charge in [0.2, 0.25) is 12.7 Å². The number of hydrogen-bond donors (Lipinski definition) is 0. The van der Waals surface area contributed by atoms with Crippen molar-refractivity contribution >= 4 is 0 Å². The molecule has 136 valence electrons. The molecule has 4 rings (SSSR count). The first-order valence-corrected chi connectivity index (χ1v) is 8.82.